The molecule has 0 aliphatic heterocycles. The van der Waals surface area contributed by atoms with Gasteiger partial charge < -0.3 is 19.8 Å². The number of hydrogen-bond acceptors (Lipinski definition) is 6. The van der Waals surface area contributed by atoms with Crippen molar-refractivity contribution in [1.29, 1.82) is 0 Å². The number of ether oxygens (including phenoxy) is 1. The Morgan fingerprint density at radius 2 is 1.88 bits per heavy atom. The van der Waals surface area contributed by atoms with Gasteiger partial charge in [0.2, 0.25) is 0 Å². The zero-order valence-electron chi connectivity index (χ0n) is 17.0. The molecule has 3 rings (SSSR count). The van der Waals surface area contributed by atoms with Crippen LogP contribution in [0.5, 0.6) is 5.75 Å². The lowest BCUT2D eigenvalue weighted by Gasteiger charge is -2.08. The van der Waals surface area contributed by atoms with Crippen LogP contribution in [0.15, 0.2) is 74.9 Å². The summed E-state index contributed by atoms with van der Waals surface area (Å²) in [5, 5.41) is 8.54. The van der Waals surface area contributed by atoms with Gasteiger partial charge in [0.15, 0.2) is 6.61 Å². The van der Waals surface area contributed by atoms with E-state index < -0.39 is 23.5 Å². The third-order valence-corrected chi connectivity index (χ3v) is 4.54. The highest BCUT2D eigenvalue weighted by Gasteiger charge is 2.12. The molecule has 3 amide bonds. The standard InChI is InChI=1S/C22H18BrFN4O5/c23-15-5-8-19(18(24)10-15)27-20(29)13-33-16-6-3-14(4-7-16)11-26-28-22(31)21(30)25-12-17-2-1-9-32-17/h1-11H,12-13H2,(H,25,30)(H,27,29)(H,28,31)/b26-11-. The lowest BCUT2D eigenvalue weighted by Crippen LogP contribution is -2.37. The summed E-state index contributed by atoms with van der Waals surface area (Å²) < 4.78 is 24.7. The predicted molar refractivity (Wildman–Crippen MR) is 121 cm³/mol. The average Bonchev–Trinajstić information content (AvgIpc) is 3.32. The van der Waals surface area contributed by atoms with Crippen molar-refractivity contribution >= 4 is 45.6 Å². The number of benzene rings is 2. The fourth-order valence-electron chi connectivity index (χ4n) is 2.45. The number of carbonyl (C=O) groups is 3. The second-order valence-electron chi connectivity index (χ2n) is 6.49. The zero-order valence-corrected chi connectivity index (χ0v) is 18.6. The van der Waals surface area contributed by atoms with Crippen LogP contribution in [-0.2, 0) is 20.9 Å². The molecule has 0 saturated heterocycles. The third-order valence-electron chi connectivity index (χ3n) is 4.04. The Bertz CT molecular complexity index is 1150. The SMILES string of the molecule is O=C(COc1ccc(/C=N\NC(=O)C(=O)NCc2ccco2)cc1)Nc1ccc(Br)cc1F. The Hall–Kier alpha value is -3.99. The lowest BCUT2D eigenvalue weighted by molar-refractivity contribution is -0.139. The molecule has 11 heteroatoms. The van der Waals surface area contributed by atoms with Gasteiger partial charge in [0.1, 0.15) is 17.3 Å². The number of furan rings is 1. The summed E-state index contributed by atoms with van der Waals surface area (Å²) in [5.74, 6) is -1.95. The Morgan fingerprint density at radius 1 is 1.09 bits per heavy atom. The highest BCUT2D eigenvalue weighted by molar-refractivity contribution is 9.10. The van der Waals surface area contributed by atoms with E-state index in [1.165, 1.54) is 24.6 Å². The van der Waals surface area contributed by atoms with Crippen molar-refractivity contribution in [3.8, 4) is 5.75 Å². The van der Waals surface area contributed by atoms with Crippen molar-refractivity contribution < 1.29 is 27.9 Å². The van der Waals surface area contributed by atoms with E-state index in [0.717, 1.165) is 0 Å². The van der Waals surface area contributed by atoms with Gasteiger partial charge in [0.05, 0.1) is 24.7 Å². The highest BCUT2D eigenvalue weighted by atomic mass is 79.9. The Morgan fingerprint density at radius 3 is 2.58 bits per heavy atom. The van der Waals surface area contributed by atoms with Gasteiger partial charge in [-0.25, -0.2) is 9.82 Å². The number of hydrogen-bond donors (Lipinski definition) is 3. The van der Waals surface area contributed by atoms with Crippen LogP contribution in [-0.4, -0.2) is 30.5 Å². The fourth-order valence-corrected chi connectivity index (χ4v) is 2.79. The number of halogens is 2. The monoisotopic (exact) mass is 516 g/mol. The molecule has 9 nitrogen and oxygen atoms in total. The summed E-state index contributed by atoms with van der Waals surface area (Å²) >= 11 is 3.14. The van der Waals surface area contributed by atoms with Gasteiger partial charge in [-0.15, -0.1) is 0 Å². The van der Waals surface area contributed by atoms with E-state index in [4.69, 9.17) is 9.15 Å². The fraction of sp³-hybridized carbons (Fsp3) is 0.0909. The molecule has 3 aromatic rings. The smallest absolute Gasteiger partial charge is 0.329 e. The van der Waals surface area contributed by atoms with Gasteiger partial charge in [-0.05, 0) is 60.2 Å². The maximum absolute atomic E-state index is 13.8. The summed E-state index contributed by atoms with van der Waals surface area (Å²) in [6, 6.07) is 14.1. The van der Waals surface area contributed by atoms with Gasteiger partial charge in [-0.2, -0.15) is 5.10 Å². The van der Waals surface area contributed by atoms with Crippen LogP contribution in [0, 0.1) is 5.82 Å². The van der Waals surface area contributed by atoms with E-state index in [2.05, 4.69) is 37.1 Å². The van der Waals surface area contributed by atoms with Gasteiger partial charge in [-0.1, -0.05) is 15.9 Å². The van der Waals surface area contributed by atoms with E-state index in [-0.39, 0.29) is 18.8 Å². The minimum atomic E-state index is -0.925. The van der Waals surface area contributed by atoms with E-state index in [9.17, 15) is 18.8 Å². The quantitative estimate of drug-likeness (QED) is 0.241. The van der Waals surface area contributed by atoms with Crippen molar-refractivity contribution in [2.75, 3.05) is 11.9 Å². The number of hydrazone groups is 1. The Balaban J connectivity index is 1.41. The summed E-state index contributed by atoms with van der Waals surface area (Å²) in [4.78, 5) is 35.4. The molecule has 0 bridgehead atoms. The summed E-state index contributed by atoms with van der Waals surface area (Å²) in [6.45, 7) is -0.230. The molecule has 0 aliphatic carbocycles. The maximum atomic E-state index is 13.8. The van der Waals surface area contributed by atoms with Crippen LogP contribution in [0.1, 0.15) is 11.3 Å². The molecule has 0 fully saturated rings. The van der Waals surface area contributed by atoms with Gasteiger partial charge in [-0.3, -0.25) is 14.4 Å². The van der Waals surface area contributed by atoms with Crippen molar-refractivity contribution in [3.63, 3.8) is 0 Å². The van der Waals surface area contributed by atoms with Crippen LogP contribution >= 0.6 is 15.9 Å². The van der Waals surface area contributed by atoms with Crippen molar-refractivity contribution in [3.05, 3.63) is 82.5 Å². The predicted octanol–water partition coefficient (Wildman–Crippen LogP) is 2.97. The molecule has 170 valence electrons. The average molecular weight is 517 g/mol. The van der Waals surface area contributed by atoms with Crippen molar-refractivity contribution in [1.82, 2.24) is 10.7 Å². The Kier molecular flexibility index (Phi) is 8.30. The van der Waals surface area contributed by atoms with E-state index in [1.54, 1.807) is 42.5 Å². The molecule has 1 heterocycles. The maximum Gasteiger partial charge on any atom is 0.329 e. The van der Waals surface area contributed by atoms with Crippen LogP contribution in [0.4, 0.5) is 10.1 Å². The highest BCUT2D eigenvalue weighted by Crippen LogP contribution is 2.19. The third kappa shape index (κ3) is 7.58. The van der Waals surface area contributed by atoms with Gasteiger partial charge in [0, 0.05) is 4.47 Å². The lowest BCUT2D eigenvalue weighted by atomic mass is 10.2. The first-order valence-corrected chi connectivity index (χ1v) is 10.3. The van der Waals surface area contributed by atoms with E-state index in [1.807, 2.05) is 0 Å². The zero-order chi connectivity index (χ0) is 23.6. The number of nitrogens with zero attached hydrogens (tertiary/aromatic N) is 1. The second kappa shape index (κ2) is 11.6. The molecular formula is C22H18BrFN4O5. The van der Waals surface area contributed by atoms with Crippen LogP contribution in [0.25, 0.3) is 0 Å². The number of nitrogens with one attached hydrogen (secondary N) is 3. The minimum absolute atomic E-state index is 0.0510. The summed E-state index contributed by atoms with van der Waals surface area (Å²) in [6.07, 6.45) is 2.80. The molecule has 0 atom stereocenters. The van der Waals surface area contributed by atoms with Gasteiger partial charge in [0.25, 0.3) is 5.91 Å². The van der Waals surface area contributed by atoms with Crippen LogP contribution in [0.2, 0.25) is 0 Å². The number of carbonyl (C=O) groups excluding carboxylic acids is 3. The molecule has 1 aromatic heterocycles. The first-order chi connectivity index (χ1) is 15.9. The van der Waals surface area contributed by atoms with E-state index >= 15 is 0 Å². The normalized spacial score (nSPS) is 10.6. The first kappa shape index (κ1) is 23.7. The molecule has 3 N–H and O–H groups in total. The summed E-state index contributed by atoms with van der Waals surface area (Å²) in [5.41, 5.74) is 2.78. The van der Waals surface area contributed by atoms with E-state index in [0.29, 0.717) is 21.5 Å². The van der Waals surface area contributed by atoms with Gasteiger partial charge >= 0.3 is 11.8 Å². The summed E-state index contributed by atoms with van der Waals surface area (Å²) in [7, 11) is 0. The second-order valence-corrected chi connectivity index (χ2v) is 7.41. The molecule has 2 aromatic carbocycles. The number of rotatable bonds is 8. The Labute approximate surface area is 196 Å². The van der Waals surface area contributed by atoms with Crippen LogP contribution in [0.3, 0.4) is 0 Å². The first-order valence-electron chi connectivity index (χ1n) is 9.52. The van der Waals surface area contributed by atoms with Crippen LogP contribution < -0.4 is 20.8 Å². The molecule has 0 aliphatic rings. The van der Waals surface area contributed by atoms with Crippen molar-refractivity contribution in [2.45, 2.75) is 6.54 Å². The molecule has 33 heavy (non-hydrogen) atoms. The van der Waals surface area contributed by atoms with Crippen molar-refractivity contribution in [2.24, 2.45) is 5.10 Å². The topological polar surface area (TPSA) is 122 Å². The minimum Gasteiger partial charge on any atom is -0.484 e. The largest absolute Gasteiger partial charge is 0.484 e. The number of anilines is 1. The number of amides is 3. The molecule has 0 saturated carbocycles. The molecular weight excluding hydrogens is 499 g/mol. The molecule has 0 unspecified atom stereocenters. The molecule has 0 spiro atoms. The molecule has 0 radical (unpaired) electrons.